The molecule has 3 N–H and O–H groups in total. The van der Waals surface area contributed by atoms with Gasteiger partial charge in [0.25, 0.3) is 17.7 Å². The number of nitrogens with one attached hydrogen (secondary N) is 3. The molecule has 7 heteroatoms. The summed E-state index contributed by atoms with van der Waals surface area (Å²) in [5.41, 5.74) is 6.54. The standard InChI is InChI=1S/C20H24N4O3/c1-3-24(4-2)17-12-10-16(11-13-17)20(27)23-22-18(25)14-21-19(26)15-8-6-5-7-9-15/h5-13H,3-4,14H2,1-2H3,(H,21,26)(H,22,25)(H,23,27). The van der Waals surface area contributed by atoms with Gasteiger partial charge in [-0.3, -0.25) is 25.2 Å². The van der Waals surface area contributed by atoms with Gasteiger partial charge in [-0.15, -0.1) is 0 Å². The first kappa shape index (κ1) is 20.0. The Kier molecular flexibility index (Phi) is 7.37. The highest BCUT2D eigenvalue weighted by Gasteiger charge is 2.10. The average Bonchev–Trinajstić information content (AvgIpc) is 2.72. The van der Waals surface area contributed by atoms with Crippen LogP contribution in [0.3, 0.4) is 0 Å². The van der Waals surface area contributed by atoms with Gasteiger partial charge in [0.05, 0.1) is 6.54 Å². The van der Waals surface area contributed by atoms with Crippen LogP contribution in [0.5, 0.6) is 0 Å². The molecule has 0 aliphatic carbocycles. The van der Waals surface area contributed by atoms with Gasteiger partial charge in [-0.1, -0.05) is 18.2 Å². The number of hydrogen-bond acceptors (Lipinski definition) is 4. The van der Waals surface area contributed by atoms with Crippen LogP contribution in [0.4, 0.5) is 5.69 Å². The van der Waals surface area contributed by atoms with Gasteiger partial charge in [0, 0.05) is 29.9 Å². The summed E-state index contributed by atoms with van der Waals surface area (Å²) in [6.07, 6.45) is 0. The fourth-order valence-electron chi connectivity index (χ4n) is 2.51. The molecule has 0 atom stereocenters. The number of hydrazine groups is 1. The van der Waals surface area contributed by atoms with Gasteiger partial charge < -0.3 is 10.2 Å². The minimum atomic E-state index is -0.521. The van der Waals surface area contributed by atoms with Gasteiger partial charge in [-0.05, 0) is 50.2 Å². The van der Waals surface area contributed by atoms with Gasteiger partial charge in [0.2, 0.25) is 0 Å². The van der Waals surface area contributed by atoms with Crippen LogP contribution in [0.1, 0.15) is 34.6 Å². The summed E-state index contributed by atoms with van der Waals surface area (Å²) in [7, 11) is 0. The van der Waals surface area contributed by atoms with Crippen LogP contribution in [0.25, 0.3) is 0 Å². The van der Waals surface area contributed by atoms with Gasteiger partial charge in [-0.2, -0.15) is 0 Å². The lowest BCUT2D eigenvalue weighted by molar-refractivity contribution is -0.120. The van der Waals surface area contributed by atoms with E-state index >= 15 is 0 Å². The van der Waals surface area contributed by atoms with E-state index in [4.69, 9.17) is 0 Å². The molecule has 7 nitrogen and oxygen atoms in total. The van der Waals surface area contributed by atoms with Crippen molar-refractivity contribution >= 4 is 23.4 Å². The summed E-state index contributed by atoms with van der Waals surface area (Å²) in [4.78, 5) is 37.9. The molecule has 27 heavy (non-hydrogen) atoms. The van der Waals surface area contributed by atoms with E-state index in [2.05, 4.69) is 34.9 Å². The molecule has 0 saturated carbocycles. The van der Waals surface area contributed by atoms with Crippen LogP contribution < -0.4 is 21.1 Å². The van der Waals surface area contributed by atoms with Crippen molar-refractivity contribution < 1.29 is 14.4 Å². The number of nitrogens with zero attached hydrogens (tertiary/aromatic N) is 1. The monoisotopic (exact) mass is 368 g/mol. The van der Waals surface area contributed by atoms with E-state index in [9.17, 15) is 14.4 Å². The molecule has 2 aromatic rings. The molecule has 0 aliphatic heterocycles. The number of benzene rings is 2. The molecule has 0 heterocycles. The maximum absolute atomic E-state index is 12.1. The number of carbonyl (C=O) groups excluding carboxylic acids is 3. The van der Waals surface area contributed by atoms with Crippen molar-refractivity contribution in [3.63, 3.8) is 0 Å². The number of anilines is 1. The second kappa shape index (κ2) is 9.96. The van der Waals surface area contributed by atoms with Crippen molar-refractivity contribution in [2.24, 2.45) is 0 Å². The van der Waals surface area contributed by atoms with E-state index < -0.39 is 11.8 Å². The predicted molar refractivity (Wildman–Crippen MR) is 104 cm³/mol. The minimum Gasteiger partial charge on any atom is -0.372 e. The molecular formula is C20H24N4O3. The molecule has 0 spiro atoms. The maximum Gasteiger partial charge on any atom is 0.269 e. The number of amides is 3. The zero-order chi connectivity index (χ0) is 19.6. The van der Waals surface area contributed by atoms with Crippen LogP contribution in [0.15, 0.2) is 54.6 Å². The lowest BCUT2D eigenvalue weighted by atomic mass is 10.2. The maximum atomic E-state index is 12.1. The topological polar surface area (TPSA) is 90.5 Å². The van der Waals surface area contributed by atoms with E-state index in [0.717, 1.165) is 18.8 Å². The molecule has 0 aromatic heterocycles. The minimum absolute atomic E-state index is 0.241. The van der Waals surface area contributed by atoms with Gasteiger partial charge >= 0.3 is 0 Å². The van der Waals surface area contributed by atoms with Crippen LogP contribution in [-0.2, 0) is 4.79 Å². The van der Waals surface area contributed by atoms with Gasteiger partial charge in [-0.25, -0.2) is 0 Å². The summed E-state index contributed by atoms with van der Waals surface area (Å²) in [5, 5.41) is 2.49. The van der Waals surface area contributed by atoms with E-state index in [1.54, 1.807) is 42.5 Å². The van der Waals surface area contributed by atoms with Crippen LogP contribution in [0, 0.1) is 0 Å². The highest BCUT2D eigenvalue weighted by molar-refractivity contribution is 5.98. The Morgan fingerprint density at radius 1 is 0.778 bits per heavy atom. The molecule has 0 radical (unpaired) electrons. The molecule has 0 fully saturated rings. The molecule has 0 aliphatic rings. The van der Waals surface area contributed by atoms with Crippen molar-refractivity contribution in [2.75, 3.05) is 24.5 Å². The zero-order valence-electron chi connectivity index (χ0n) is 15.5. The Bertz CT molecular complexity index is 772. The van der Waals surface area contributed by atoms with Crippen LogP contribution in [0.2, 0.25) is 0 Å². The summed E-state index contributed by atoms with van der Waals surface area (Å²) in [6, 6.07) is 15.7. The Hall–Kier alpha value is -3.35. The number of rotatable bonds is 7. The highest BCUT2D eigenvalue weighted by Crippen LogP contribution is 2.14. The largest absolute Gasteiger partial charge is 0.372 e. The Morgan fingerprint density at radius 3 is 1.96 bits per heavy atom. The molecule has 2 rings (SSSR count). The normalized spacial score (nSPS) is 10.0. The lowest BCUT2D eigenvalue weighted by Gasteiger charge is -2.21. The van der Waals surface area contributed by atoms with Crippen LogP contribution in [-0.4, -0.2) is 37.4 Å². The molecule has 3 amide bonds. The first-order valence-electron chi connectivity index (χ1n) is 8.82. The van der Waals surface area contributed by atoms with Crippen molar-refractivity contribution in [1.82, 2.24) is 16.2 Å². The second-order valence-electron chi connectivity index (χ2n) is 5.77. The van der Waals surface area contributed by atoms with Crippen molar-refractivity contribution in [1.29, 1.82) is 0 Å². The summed E-state index contributed by atoms with van der Waals surface area (Å²) >= 11 is 0. The zero-order valence-corrected chi connectivity index (χ0v) is 15.5. The first-order valence-corrected chi connectivity index (χ1v) is 8.82. The molecular weight excluding hydrogens is 344 g/mol. The fraction of sp³-hybridized carbons (Fsp3) is 0.250. The van der Waals surface area contributed by atoms with Crippen molar-refractivity contribution in [3.05, 3.63) is 65.7 Å². The third-order valence-electron chi connectivity index (χ3n) is 4.02. The highest BCUT2D eigenvalue weighted by atomic mass is 16.2. The second-order valence-corrected chi connectivity index (χ2v) is 5.77. The predicted octanol–water partition coefficient (Wildman–Crippen LogP) is 1.72. The molecule has 142 valence electrons. The van der Waals surface area contributed by atoms with E-state index in [-0.39, 0.29) is 12.5 Å². The number of hydrogen-bond donors (Lipinski definition) is 3. The third-order valence-corrected chi connectivity index (χ3v) is 4.02. The summed E-state index contributed by atoms with van der Waals surface area (Å²) in [5.74, 6) is -1.31. The van der Waals surface area contributed by atoms with E-state index in [1.807, 2.05) is 12.1 Å². The number of carbonyl (C=O) groups is 3. The van der Waals surface area contributed by atoms with Crippen molar-refractivity contribution in [3.8, 4) is 0 Å². The third kappa shape index (κ3) is 5.85. The average molecular weight is 368 g/mol. The Morgan fingerprint density at radius 2 is 1.37 bits per heavy atom. The fourth-order valence-corrected chi connectivity index (χ4v) is 2.51. The first-order chi connectivity index (χ1) is 13.0. The van der Waals surface area contributed by atoms with Crippen molar-refractivity contribution in [2.45, 2.75) is 13.8 Å². The van der Waals surface area contributed by atoms with Crippen LogP contribution >= 0.6 is 0 Å². The molecule has 0 bridgehead atoms. The summed E-state index contributed by atoms with van der Waals surface area (Å²) < 4.78 is 0. The van der Waals surface area contributed by atoms with Gasteiger partial charge in [0.1, 0.15) is 0 Å². The quantitative estimate of drug-likeness (QED) is 0.649. The molecule has 2 aromatic carbocycles. The smallest absolute Gasteiger partial charge is 0.269 e. The Balaban J connectivity index is 1.79. The van der Waals surface area contributed by atoms with Gasteiger partial charge in [0.15, 0.2) is 0 Å². The van der Waals surface area contributed by atoms with E-state index in [0.29, 0.717) is 11.1 Å². The lowest BCUT2D eigenvalue weighted by Crippen LogP contribution is -2.46. The summed E-state index contributed by atoms with van der Waals surface area (Å²) in [6.45, 7) is 5.65. The SMILES string of the molecule is CCN(CC)c1ccc(C(=O)NNC(=O)CNC(=O)c2ccccc2)cc1. The Labute approximate surface area is 158 Å². The molecule has 0 unspecified atom stereocenters. The molecule has 0 saturated heterocycles. The van der Waals surface area contributed by atoms with E-state index in [1.165, 1.54) is 0 Å².